The van der Waals surface area contributed by atoms with Crippen LogP contribution in [0.1, 0.15) is 15.9 Å². The lowest BCUT2D eigenvalue weighted by Gasteiger charge is -2.07. The van der Waals surface area contributed by atoms with Crippen LogP contribution in [0.25, 0.3) is 11.1 Å². The van der Waals surface area contributed by atoms with E-state index in [2.05, 4.69) is 9.97 Å². The summed E-state index contributed by atoms with van der Waals surface area (Å²) in [5.74, 6) is -0.723. The fourth-order valence-electron chi connectivity index (χ4n) is 2.35. The van der Waals surface area contributed by atoms with Crippen LogP contribution in [0.15, 0.2) is 65.8 Å². The average molecular weight is 351 g/mol. The first-order chi connectivity index (χ1) is 12.5. The summed E-state index contributed by atoms with van der Waals surface area (Å²) in [6.07, 6.45) is 2.48. The molecule has 130 valence electrons. The molecule has 0 saturated carbocycles. The molecule has 3 aromatic rings. The third-order valence-electron chi connectivity index (χ3n) is 3.61. The maximum absolute atomic E-state index is 12.3. The van der Waals surface area contributed by atoms with E-state index in [9.17, 15) is 19.7 Å². The second-order valence-corrected chi connectivity index (χ2v) is 5.38. The second-order valence-electron chi connectivity index (χ2n) is 5.38. The van der Waals surface area contributed by atoms with E-state index in [4.69, 9.17) is 4.74 Å². The van der Waals surface area contributed by atoms with E-state index < -0.39 is 16.5 Å². The van der Waals surface area contributed by atoms with Gasteiger partial charge in [0.05, 0.1) is 22.4 Å². The number of esters is 1. The summed E-state index contributed by atoms with van der Waals surface area (Å²) in [6.45, 7) is 0.0329. The second kappa shape index (κ2) is 7.39. The standard InChI is InChI=1S/C18H13N3O5/c22-17-16(9-19-11-20-17)13-6-14(8-15(7-13)21(24)25)18(23)26-10-12-4-2-1-3-5-12/h1-9,11H,10H2,(H,19,20,22). The molecule has 2 aromatic carbocycles. The highest BCUT2D eigenvalue weighted by atomic mass is 16.6. The summed E-state index contributed by atoms with van der Waals surface area (Å²) in [5, 5.41) is 11.2. The van der Waals surface area contributed by atoms with Crippen LogP contribution in [-0.2, 0) is 11.3 Å². The quantitative estimate of drug-likeness (QED) is 0.429. The Kier molecular flexibility index (Phi) is 4.84. The van der Waals surface area contributed by atoms with Crippen molar-refractivity contribution in [3.63, 3.8) is 0 Å². The third kappa shape index (κ3) is 3.81. The molecule has 0 bridgehead atoms. The van der Waals surface area contributed by atoms with Crippen molar-refractivity contribution in [1.82, 2.24) is 9.97 Å². The predicted molar refractivity (Wildman–Crippen MR) is 92.5 cm³/mol. The van der Waals surface area contributed by atoms with E-state index in [1.54, 1.807) is 12.1 Å². The summed E-state index contributed by atoms with van der Waals surface area (Å²) in [6, 6.07) is 12.7. The Balaban J connectivity index is 1.93. The Morgan fingerprint density at radius 2 is 1.96 bits per heavy atom. The zero-order valence-electron chi connectivity index (χ0n) is 13.4. The maximum Gasteiger partial charge on any atom is 0.338 e. The SMILES string of the molecule is O=C(OCc1ccccc1)c1cc(-c2cnc[nH]c2=O)cc([N+](=O)[O-])c1. The molecule has 0 aliphatic rings. The molecule has 1 aromatic heterocycles. The van der Waals surface area contributed by atoms with Crippen molar-refractivity contribution in [2.24, 2.45) is 0 Å². The minimum atomic E-state index is -0.723. The first-order valence-corrected chi connectivity index (χ1v) is 7.58. The highest BCUT2D eigenvalue weighted by Gasteiger charge is 2.18. The molecule has 0 aliphatic heterocycles. The number of benzene rings is 2. The van der Waals surface area contributed by atoms with Crippen molar-refractivity contribution in [2.75, 3.05) is 0 Å². The largest absolute Gasteiger partial charge is 0.457 e. The normalized spacial score (nSPS) is 10.3. The van der Waals surface area contributed by atoms with Gasteiger partial charge in [-0.3, -0.25) is 14.9 Å². The number of nitrogens with zero attached hydrogens (tertiary/aromatic N) is 2. The monoisotopic (exact) mass is 351 g/mol. The van der Waals surface area contributed by atoms with E-state index >= 15 is 0 Å². The molecule has 26 heavy (non-hydrogen) atoms. The molecule has 0 fully saturated rings. The van der Waals surface area contributed by atoms with Crippen LogP contribution in [0.3, 0.4) is 0 Å². The van der Waals surface area contributed by atoms with Crippen LogP contribution in [0, 0.1) is 10.1 Å². The van der Waals surface area contributed by atoms with Crippen LogP contribution in [0.2, 0.25) is 0 Å². The number of hydrogen-bond donors (Lipinski definition) is 1. The number of nitrogens with one attached hydrogen (secondary N) is 1. The van der Waals surface area contributed by atoms with Crippen molar-refractivity contribution >= 4 is 11.7 Å². The fraction of sp³-hybridized carbons (Fsp3) is 0.0556. The van der Waals surface area contributed by atoms with Gasteiger partial charge in [0.15, 0.2) is 0 Å². The van der Waals surface area contributed by atoms with E-state index in [-0.39, 0.29) is 29.0 Å². The lowest BCUT2D eigenvalue weighted by molar-refractivity contribution is -0.384. The van der Waals surface area contributed by atoms with Crippen LogP contribution in [-0.4, -0.2) is 20.9 Å². The Bertz CT molecular complexity index is 1010. The fourth-order valence-corrected chi connectivity index (χ4v) is 2.35. The first-order valence-electron chi connectivity index (χ1n) is 7.58. The van der Waals surface area contributed by atoms with Crippen molar-refractivity contribution in [2.45, 2.75) is 6.61 Å². The predicted octanol–water partition coefficient (Wildman–Crippen LogP) is 2.70. The van der Waals surface area contributed by atoms with Gasteiger partial charge in [-0.1, -0.05) is 30.3 Å². The van der Waals surface area contributed by atoms with E-state index in [0.717, 1.165) is 11.6 Å². The molecule has 8 nitrogen and oxygen atoms in total. The highest BCUT2D eigenvalue weighted by molar-refractivity contribution is 5.92. The van der Waals surface area contributed by atoms with Crippen LogP contribution in [0.4, 0.5) is 5.69 Å². The number of carbonyl (C=O) groups excluding carboxylic acids is 1. The first kappa shape index (κ1) is 17.0. The zero-order chi connectivity index (χ0) is 18.5. The molecule has 0 atom stereocenters. The number of aromatic amines is 1. The molecule has 1 heterocycles. The van der Waals surface area contributed by atoms with Crippen molar-refractivity contribution in [3.05, 3.63) is 92.7 Å². The van der Waals surface area contributed by atoms with Gasteiger partial charge < -0.3 is 9.72 Å². The van der Waals surface area contributed by atoms with Gasteiger partial charge in [0, 0.05) is 18.3 Å². The molecular weight excluding hydrogens is 338 g/mol. The van der Waals surface area contributed by atoms with Gasteiger partial charge in [-0.25, -0.2) is 9.78 Å². The Morgan fingerprint density at radius 1 is 1.19 bits per heavy atom. The van der Waals surface area contributed by atoms with E-state index in [1.165, 1.54) is 24.7 Å². The van der Waals surface area contributed by atoms with E-state index in [0.29, 0.717) is 0 Å². The number of nitro benzene ring substituents is 1. The topological polar surface area (TPSA) is 115 Å². The Hall–Kier alpha value is -3.81. The molecule has 0 saturated heterocycles. The molecule has 3 rings (SSSR count). The number of H-pyrrole nitrogens is 1. The summed E-state index contributed by atoms with van der Waals surface area (Å²) >= 11 is 0. The highest BCUT2D eigenvalue weighted by Crippen LogP contribution is 2.24. The van der Waals surface area contributed by atoms with E-state index in [1.807, 2.05) is 18.2 Å². The number of rotatable bonds is 5. The minimum absolute atomic E-state index is 0.0200. The van der Waals surface area contributed by atoms with Gasteiger partial charge in [0.2, 0.25) is 0 Å². The van der Waals surface area contributed by atoms with Crippen LogP contribution >= 0.6 is 0 Å². The van der Waals surface area contributed by atoms with Gasteiger partial charge in [0.1, 0.15) is 6.61 Å². The third-order valence-corrected chi connectivity index (χ3v) is 3.61. The molecule has 0 aliphatic carbocycles. The lowest BCUT2D eigenvalue weighted by atomic mass is 10.0. The number of carbonyl (C=O) groups is 1. The average Bonchev–Trinajstić information content (AvgIpc) is 2.67. The summed E-state index contributed by atoms with van der Waals surface area (Å²) in [7, 11) is 0. The maximum atomic E-state index is 12.3. The number of hydrogen-bond acceptors (Lipinski definition) is 6. The molecule has 0 spiro atoms. The molecule has 1 N–H and O–H groups in total. The smallest absolute Gasteiger partial charge is 0.338 e. The lowest BCUT2D eigenvalue weighted by Crippen LogP contribution is -2.10. The number of non-ortho nitro benzene ring substituents is 1. The Morgan fingerprint density at radius 3 is 2.65 bits per heavy atom. The van der Waals surface area contributed by atoms with Gasteiger partial charge in [-0.15, -0.1) is 0 Å². The molecule has 0 unspecified atom stereocenters. The molecule has 0 radical (unpaired) electrons. The van der Waals surface area contributed by atoms with Gasteiger partial charge >= 0.3 is 5.97 Å². The number of ether oxygens (including phenoxy) is 1. The van der Waals surface area contributed by atoms with Gasteiger partial charge in [-0.05, 0) is 17.2 Å². The molecular formula is C18H13N3O5. The molecule has 8 heteroatoms. The van der Waals surface area contributed by atoms with Crippen molar-refractivity contribution < 1.29 is 14.5 Å². The van der Waals surface area contributed by atoms with Crippen molar-refractivity contribution in [3.8, 4) is 11.1 Å². The number of nitro groups is 1. The summed E-state index contributed by atoms with van der Waals surface area (Å²) < 4.78 is 5.21. The van der Waals surface area contributed by atoms with Crippen molar-refractivity contribution in [1.29, 1.82) is 0 Å². The number of aromatic nitrogens is 2. The van der Waals surface area contributed by atoms with Crippen LogP contribution < -0.4 is 5.56 Å². The van der Waals surface area contributed by atoms with Crippen LogP contribution in [0.5, 0.6) is 0 Å². The summed E-state index contributed by atoms with van der Waals surface area (Å²) in [4.78, 5) is 41.0. The molecule has 0 amide bonds. The van der Waals surface area contributed by atoms with Gasteiger partial charge in [-0.2, -0.15) is 0 Å². The zero-order valence-corrected chi connectivity index (χ0v) is 13.4. The minimum Gasteiger partial charge on any atom is -0.457 e. The van der Waals surface area contributed by atoms with Gasteiger partial charge in [0.25, 0.3) is 11.2 Å². The summed E-state index contributed by atoms with van der Waals surface area (Å²) in [5.41, 5.74) is 0.304. The Labute approximate surface area is 147 Å².